The second kappa shape index (κ2) is 8.44. The maximum atomic E-state index is 11.9. The van der Waals surface area contributed by atoms with Crippen LogP contribution in [0.4, 0.5) is 5.69 Å². The molecule has 0 aliphatic carbocycles. The van der Waals surface area contributed by atoms with Crippen molar-refractivity contribution in [3.8, 4) is 0 Å². The molecule has 1 aliphatic rings. The Morgan fingerprint density at radius 3 is 2.33 bits per heavy atom. The summed E-state index contributed by atoms with van der Waals surface area (Å²) in [5, 5.41) is 5.19. The number of nitrogens with zero attached hydrogens (tertiary/aromatic N) is 1. The lowest BCUT2D eigenvalue weighted by Crippen LogP contribution is -2.41. The van der Waals surface area contributed by atoms with Gasteiger partial charge in [-0.2, -0.15) is 0 Å². The number of hydrogen-bond donors (Lipinski definition) is 2. The van der Waals surface area contributed by atoms with Crippen molar-refractivity contribution in [3.63, 3.8) is 0 Å². The summed E-state index contributed by atoms with van der Waals surface area (Å²) >= 11 is 0. The second-order valence-corrected chi connectivity index (χ2v) is 5.98. The molecule has 1 saturated heterocycles. The van der Waals surface area contributed by atoms with Gasteiger partial charge in [0, 0.05) is 12.2 Å². The Labute approximate surface area is 141 Å². The molecule has 1 aliphatic heterocycles. The summed E-state index contributed by atoms with van der Waals surface area (Å²) in [5.74, 6) is -1.40. The number of benzene rings is 1. The molecule has 7 heteroatoms. The minimum atomic E-state index is -0.714. The molecule has 0 unspecified atom stereocenters. The highest BCUT2D eigenvalue weighted by atomic mass is 16.5. The molecule has 24 heavy (non-hydrogen) atoms. The lowest BCUT2D eigenvalue weighted by atomic mass is 9.97. The first-order chi connectivity index (χ1) is 11.5. The first kappa shape index (κ1) is 17.9. The van der Waals surface area contributed by atoms with Crippen molar-refractivity contribution in [1.82, 2.24) is 10.2 Å². The number of methoxy groups -OCH3 is 1. The molecule has 2 N–H and O–H groups in total. The van der Waals surface area contributed by atoms with Gasteiger partial charge in [-0.05, 0) is 63.2 Å². The summed E-state index contributed by atoms with van der Waals surface area (Å²) in [5.41, 5.74) is 0.823. The highest BCUT2D eigenvalue weighted by Crippen LogP contribution is 2.14. The summed E-state index contributed by atoms with van der Waals surface area (Å²) in [7, 11) is 3.38. The van der Waals surface area contributed by atoms with Crippen LogP contribution in [0.3, 0.4) is 0 Å². The molecule has 7 nitrogen and oxygen atoms in total. The second-order valence-electron chi connectivity index (χ2n) is 5.98. The maximum absolute atomic E-state index is 11.9. The molecule has 1 aromatic carbocycles. The Bertz CT molecular complexity index is 592. The Balaban J connectivity index is 1.79. The minimum Gasteiger partial charge on any atom is -0.465 e. The molecule has 0 bridgehead atoms. The van der Waals surface area contributed by atoms with Gasteiger partial charge >= 0.3 is 17.8 Å². The van der Waals surface area contributed by atoms with Crippen LogP contribution in [0.5, 0.6) is 0 Å². The summed E-state index contributed by atoms with van der Waals surface area (Å²) in [4.78, 5) is 37.3. The third kappa shape index (κ3) is 5.06. The van der Waals surface area contributed by atoms with Crippen molar-refractivity contribution in [3.05, 3.63) is 29.8 Å². The van der Waals surface area contributed by atoms with Gasteiger partial charge in [0.15, 0.2) is 0 Å². The van der Waals surface area contributed by atoms with Crippen LogP contribution in [0, 0.1) is 5.92 Å². The topological polar surface area (TPSA) is 87.7 Å². The highest BCUT2D eigenvalue weighted by molar-refractivity contribution is 6.39. The van der Waals surface area contributed by atoms with E-state index >= 15 is 0 Å². The molecular weight excluding hydrogens is 310 g/mol. The Morgan fingerprint density at radius 2 is 1.75 bits per heavy atom. The van der Waals surface area contributed by atoms with E-state index in [-0.39, 0.29) is 0 Å². The number of anilines is 1. The predicted octanol–water partition coefficient (Wildman–Crippen LogP) is 0.870. The van der Waals surface area contributed by atoms with Crippen molar-refractivity contribution in [2.45, 2.75) is 12.8 Å². The summed E-state index contributed by atoms with van der Waals surface area (Å²) in [6.07, 6.45) is 2.04. The zero-order chi connectivity index (χ0) is 17.5. The van der Waals surface area contributed by atoms with Crippen molar-refractivity contribution in [1.29, 1.82) is 0 Å². The van der Waals surface area contributed by atoms with E-state index in [4.69, 9.17) is 0 Å². The van der Waals surface area contributed by atoms with E-state index in [9.17, 15) is 14.4 Å². The van der Waals surface area contributed by atoms with Gasteiger partial charge in [0.05, 0.1) is 12.7 Å². The van der Waals surface area contributed by atoms with Gasteiger partial charge in [-0.25, -0.2) is 4.79 Å². The number of likely N-dealkylation sites (tertiary alicyclic amines) is 1. The zero-order valence-corrected chi connectivity index (χ0v) is 14.0. The number of amides is 2. The average Bonchev–Trinajstić information content (AvgIpc) is 2.60. The van der Waals surface area contributed by atoms with Crippen molar-refractivity contribution >= 4 is 23.5 Å². The van der Waals surface area contributed by atoms with E-state index in [0.29, 0.717) is 23.7 Å². The molecule has 0 saturated carbocycles. The molecule has 0 spiro atoms. The Hall–Kier alpha value is -2.41. The normalized spacial score (nSPS) is 15.6. The fourth-order valence-electron chi connectivity index (χ4n) is 2.58. The highest BCUT2D eigenvalue weighted by Gasteiger charge is 2.19. The first-order valence-electron chi connectivity index (χ1n) is 7.95. The average molecular weight is 333 g/mol. The Kier molecular flexibility index (Phi) is 6.31. The number of hydrogen-bond acceptors (Lipinski definition) is 5. The molecule has 0 aromatic heterocycles. The number of ether oxygens (including phenoxy) is 1. The number of nitrogens with one attached hydrogen (secondary N) is 2. The molecule has 0 radical (unpaired) electrons. The number of esters is 1. The Morgan fingerprint density at radius 1 is 1.12 bits per heavy atom. The molecule has 2 rings (SSSR count). The molecule has 1 aromatic rings. The van der Waals surface area contributed by atoms with Gasteiger partial charge in [0.25, 0.3) is 0 Å². The van der Waals surface area contributed by atoms with E-state index in [2.05, 4.69) is 27.3 Å². The van der Waals surface area contributed by atoms with E-state index in [0.717, 1.165) is 25.9 Å². The smallest absolute Gasteiger partial charge is 0.337 e. The number of carbonyl (C=O) groups is 3. The van der Waals surface area contributed by atoms with Crippen molar-refractivity contribution in [2.75, 3.05) is 39.1 Å². The summed E-state index contributed by atoms with van der Waals surface area (Å²) in [6.45, 7) is 2.54. The van der Waals surface area contributed by atoms with Crippen LogP contribution < -0.4 is 10.6 Å². The van der Waals surface area contributed by atoms with Gasteiger partial charge in [0.2, 0.25) is 0 Å². The van der Waals surface area contributed by atoms with Crippen LogP contribution >= 0.6 is 0 Å². The van der Waals surface area contributed by atoms with Gasteiger partial charge in [-0.15, -0.1) is 0 Å². The lowest BCUT2D eigenvalue weighted by Gasteiger charge is -2.28. The third-order valence-electron chi connectivity index (χ3n) is 4.16. The van der Waals surface area contributed by atoms with Gasteiger partial charge in [0.1, 0.15) is 0 Å². The zero-order valence-electron chi connectivity index (χ0n) is 14.0. The largest absolute Gasteiger partial charge is 0.465 e. The third-order valence-corrected chi connectivity index (χ3v) is 4.16. The van der Waals surface area contributed by atoms with Crippen LogP contribution in [0.2, 0.25) is 0 Å². The lowest BCUT2D eigenvalue weighted by molar-refractivity contribution is -0.136. The maximum Gasteiger partial charge on any atom is 0.337 e. The standard InChI is InChI=1S/C17H23N3O4/c1-20-9-7-12(8-10-20)11-18-15(21)16(22)19-14-5-3-13(4-6-14)17(23)24-2/h3-6,12H,7-11H2,1-2H3,(H,18,21)(H,19,22). The van der Waals surface area contributed by atoms with E-state index in [1.807, 2.05) is 0 Å². The molecule has 2 amide bonds. The molecular formula is C17H23N3O4. The van der Waals surface area contributed by atoms with Crippen LogP contribution in [0.1, 0.15) is 23.2 Å². The van der Waals surface area contributed by atoms with Crippen LogP contribution in [0.25, 0.3) is 0 Å². The summed E-state index contributed by atoms with van der Waals surface area (Å²) in [6, 6.07) is 6.15. The van der Waals surface area contributed by atoms with Gasteiger partial charge in [-0.1, -0.05) is 0 Å². The van der Waals surface area contributed by atoms with Crippen LogP contribution in [-0.2, 0) is 14.3 Å². The molecule has 130 valence electrons. The number of carbonyl (C=O) groups excluding carboxylic acids is 3. The predicted molar refractivity (Wildman–Crippen MR) is 89.6 cm³/mol. The molecule has 0 atom stereocenters. The van der Waals surface area contributed by atoms with E-state index in [1.165, 1.54) is 19.2 Å². The minimum absolute atomic E-state index is 0.377. The monoisotopic (exact) mass is 333 g/mol. The number of rotatable bonds is 4. The van der Waals surface area contributed by atoms with Gasteiger partial charge < -0.3 is 20.3 Å². The summed E-state index contributed by atoms with van der Waals surface area (Å²) < 4.78 is 4.60. The van der Waals surface area contributed by atoms with Crippen molar-refractivity contribution in [2.24, 2.45) is 5.92 Å². The van der Waals surface area contributed by atoms with Crippen molar-refractivity contribution < 1.29 is 19.1 Å². The molecule has 1 fully saturated rings. The molecule has 1 heterocycles. The van der Waals surface area contributed by atoms with Crippen LogP contribution in [0.15, 0.2) is 24.3 Å². The fraction of sp³-hybridized carbons (Fsp3) is 0.471. The number of piperidine rings is 1. The van der Waals surface area contributed by atoms with Crippen LogP contribution in [-0.4, -0.2) is 56.5 Å². The van der Waals surface area contributed by atoms with E-state index < -0.39 is 17.8 Å². The van der Waals surface area contributed by atoms with E-state index in [1.54, 1.807) is 12.1 Å². The first-order valence-corrected chi connectivity index (χ1v) is 7.95. The van der Waals surface area contributed by atoms with Gasteiger partial charge in [-0.3, -0.25) is 9.59 Å². The fourth-order valence-corrected chi connectivity index (χ4v) is 2.58. The SMILES string of the molecule is COC(=O)c1ccc(NC(=O)C(=O)NCC2CCN(C)CC2)cc1. The quantitative estimate of drug-likeness (QED) is 0.631.